The van der Waals surface area contributed by atoms with Gasteiger partial charge in [-0.15, -0.1) is 0 Å². The van der Waals surface area contributed by atoms with E-state index in [4.69, 9.17) is 0 Å². The molecule has 0 amide bonds. The first kappa shape index (κ1) is 10.9. The number of rotatable bonds is 5. The molecule has 0 bridgehead atoms. The summed E-state index contributed by atoms with van der Waals surface area (Å²) in [7, 11) is -1.84. The van der Waals surface area contributed by atoms with Gasteiger partial charge in [0.05, 0.1) is 0 Å². The van der Waals surface area contributed by atoms with E-state index in [9.17, 15) is 8.42 Å². The van der Waals surface area contributed by atoms with E-state index in [1.165, 1.54) is 13.5 Å². The lowest BCUT2D eigenvalue weighted by Crippen LogP contribution is -2.36. The minimum atomic E-state index is -3.24. The van der Waals surface area contributed by atoms with Gasteiger partial charge in [0.2, 0.25) is 0 Å². The lowest BCUT2D eigenvalue weighted by Gasteiger charge is -2.10. The molecule has 0 aliphatic carbocycles. The first-order valence-corrected chi connectivity index (χ1v) is 6.04. The summed E-state index contributed by atoms with van der Waals surface area (Å²) in [5, 5.41) is 3.31. The Labute approximate surface area is 79.5 Å². The Kier molecular flexibility index (Phi) is 4.11. The van der Waals surface area contributed by atoms with Crippen LogP contribution in [0.1, 0.15) is 19.3 Å². The van der Waals surface area contributed by atoms with Crippen LogP contribution in [0.2, 0.25) is 0 Å². The second-order valence-corrected chi connectivity index (χ2v) is 4.89. The van der Waals surface area contributed by atoms with E-state index >= 15 is 0 Å². The molecule has 0 aromatic carbocycles. The van der Waals surface area contributed by atoms with E-state index in [1.54, 1.807) is 0 Å². The van der Waals surface area contributed by atoms with Crippen LogP contribution < -0.4 is 14.8 Å². The molecule has 6 heteroatoms. The molecule has 3 N–H and O–H groups in total. The lowest BCUT2D eigenvalue weighted by molar-refractivity contribution is 0.536. The molecule has 1 fully saturated rings. The third-order valence-electron chi connectivity index (χ3n) is 2.22. The average molecular weight is 207 g/mol. The number of hydrogen-bond donors (Lipinski definition) is 3. The first-order chi connectivity index (χ1) is 6.14. The van der Waals surface area contributed by atoms with Gasteiger partial charge in [-0.1, -0.05) is 0 Å². The minimum absolute atomic E-state index is 0.486. The van der Waals surface area contributed by atoms with Gasteiger partial charge in [0.25, 0.3) is 10.2 Å². The maximum absolute atomic E-state index is 10.9. The number of hydrogen-bond acceptors (Lipinski definition) is 3. The summed E-state index contributed by atoms with van der Waals surface area (Å²) in [4.78, 5) is 0. The quantitative estimate of drug-likeness (QED) is 0.552. The van der Waals surface area contributed by atoms with Gasteiger partial charge in [0.15, 0.2) is 0 Å². The largest absolute Gasteiger partial charge is 0.314 e. The monoisotopic (exact) mass is 207 g/mol. The third kappa shape index (κ3) is 4.04. The van der Waals surface area contributed by atoms with Crippen molar-refractivity contribution in [1.82, 2.24) is 14.8 Å². The van der Waals surface area contributed by atoms with E-state index in [2.05, 4.69) is 14.8 Å². The summed E-state index contributed by atoms with van der Waals surface area (Å²) in [5.41, 5.74) is 0. The normalized spacial score (nSPS) is 23.6. The van der Waals surface area contributed by atoms with Crippen molar-refractivity contribution in [2.24, 2.45) is 0 Å². The fourth-order valence-electron chi connectivity index (χ4n) is 1.44. The van der Waals surface area contributed by atoms with Crippen molar-refractivity contribution in [3.63, 3.8) is 0 Å². The summed E-state index contributed by atoms with van der Waals surface area (Å²) >= 11 is 0. The maximum atomic E-state index is 10.9. The highest BCUT2D eigenvalue weighted by Gasteiger charge is 2.14. The summed E-state index contributed by atoms with van der Waals surface area (Å²) in [6.45, 7) is 1.56. The van der Waals surface area contributed by atoms with Crippen LogP contribution in [0.4, 0.5) is 0 Å². The molecular formula is C7H17N3O2S. The van der Waals surface area contributed by atoms with Crippen LogP contribution in [0.25, 0.3) is 0 Å². The highest BCUT2D eigenvalue weighted by molar-refractivity contribution is 7.87. The molecule has 1 saturated heterocycles. The van der Waals surface area contributed by atoms with Crippen molar-refractivity contribution in [3.05, 3.63) is 0 Å². The highest BCUT2D eigenvalue weighted by atomic mass is 32.2. The van der Waals surface area contributed by atoms with Crippen LogP contribution in [0, 0.1) is 0 Å². The Hall–Kier alpha value is -0.170. The van der Waals surface area contributed by atoms with Crippen molar-refractivity contribution in [3.8, 4) is 0 Å². The fraction of sp³-hybridized carbons (Fsp3) is 1.00. The van der Waals surface area contributed by atoms with Crippen LogP contribution in [0.5, 0.6) is 0 Å². The average Bonchev–Trinajstić information content (AvgIpc) is 2.57. The van der Waals surface area contributed by atoms with Gasteiger partial charge >= 0.3 is 0 Å². The Balaban J connectivity index is 2.13. The molecule has 0 spiro atoms. The zero-order valence-electron chi connectivity index (χ0n) is 7.84. The van der Waals surface area contributed by atoms with Crippen LogP contribution in [0.15, 0.2) is 0 Å². The smallest absolute Gasteiger partial charge is 0.276 e. The van der Waals surface area contributed by atoms with Crippen molar-refractivity contribution < 1.29 is 8.42 Å². The molecular weight excluding hydrogens is 190 g/mol. The molecule has 13 heavy (non-hydrogen) atoms. The first-order valence-electron chi connectivity index (χ1n) is 4.55. The number of nitrogens with one attached hydrogen (secondary N) is 3. The Morgan fingerprint density at radius 2 is 2.31 bits per heavy atom. The van der Waals surface area contributed by atoms with E-state index in [-0.39, 0.29) is 0 Å². The van der Waals surface area contributed by atoms with Gasteiger partial charge in [0.1, 0.15) is 0 Å². The lowest BCUT2D eigenvalue weighted by atomic mass is 10.2. The maximum Gasteiger partial charge on any atom is 0.276 e. The van der Waals surface area contributed by atoms with E-state index in [0.29, 0.717) is 12.6 Å². The highest BCUT2D eigenvalue weighted by Crippen LogP contribution is 2.07. The molecule has 0 unspecified atom stereocenters. The van der Waals surface area contributed by atoms with Crippen molar-refractivity contribution in [1.29, 1.82) is 0 Å². The van der Waals surface area contributed by atoms with Gasteiger partial charge in [-0.3, -0.25) is 0 Å². The third-order valence-corrected chi connectivity index (χ3v) is 3.34. The standard InChI is InChI=1S/C7H17N3O2S/c1-8-13(11,12)10-6-4-7-3-2-5-9-7/h7-10H,2-6H2,1H3/t7-/m0/s1. The zero-order chi connectivity index (χ0) is 9.73. The second kappa shape index (κ2) is 4.90. The van der Waals surface area contributed by atoms with Gasteiger partial charge < -0.3 is 5.32 Å². The van der Waals surface area contributed by atoms with E-state index < -0.39 is 10.2 Å². The van der Waals surface area contributed by atoms with E-state index in [1.807, 2.05) is 0 Å². The van der Waals surface area contributed by atoms with Crippen molar-refractivity contribution in [2.45, 2.75) is 25.3 Å². The Bertz CT molecular complexity index is 234. The molecule has 1 rings (SSSR count). The van der Waals surface area contributed by atoms with Crippen LogP contribution in [-0.2, 0) is 10.2 Å². The predicted octanol–water partition coefficient (Wildman–Crippen LogP) is -0.818. The molecule has 0 saturated carbocycles. The summed E-state index contributed by atoms with van der Waals surface area (Å²) in [6.07, 6.45) is 3.21. The molecule has 0 aromatic rings. The van der Waals surface area contributed by atoms with Gasteiger partial charge in [0, 0.05) is 19.6 Å². The van der Waals surface area contributed by atoms with Crippen molar-refractivity contribution in [2.75, 3.05) is 20.1 Å². The molecule has 0 radical (unpaired) electrons. The molecule has 0 aromatic heterocycles. The second-order valence-electron chi connectivity index (χ2n) is 3.18. The molecule has 1 aliphatic heterocycles. The summed E-state index contributed by atoms with van der Waals surface area (Å²) in [5.74, 6) is 0. The van der Waals surface area contributed by atoms with Crippen LogP contribution >= 0.6 is 0 Å². The molecule has 1 aliphatic rings. The van der Waals surface area contributed by atoms with Crippen LogP contribution in [-0.4, -0.2) is 34.6 Å². The summed E-state index contributed by atoms with van der Waals surface area (Å²) < 4.78 is 26.5. The van der Waals surface area contributed by atoms with Crippen molar-refractivity contribution >= 4 is 10.2 Å². The Morgan fingerprint density at radius 3 is 2.85 bits per heavy atom. The van der Waals surface area contributed by atoms with Crippen LogP contribution in [0.3, 0.4) is 0 Å². The molecule has 78 valence electrons. The molecule has 1 atom stereocenters. The summed E-state index contributed by atoms with van der Waals surface area (Å²) in [6, 6.07) is 0.486. The Morgan fingerprint density at radius 1 is 1.54 bits per heavy atom. The van der Waals surface area contributed by atoms with Gasteiger partial charge in [-0.05, 0) is 25.8 Å². The van der Waals surface area contributed by atoms with E-state index in [0.717, 1.165) is 19.4 Å². The fourth-order valence-corrected chi connectivity index (χ4v) is 1.97. The zero-order valence-corrected chi connectivity index (χ0v) is 8.65. The van der Waals surface area contributed by atoms with Gasteiger partial charge in [-0.25, -0.2) is 9.44 Å². The topological polar surface area (TPSA) is 70.2 Å². The SMILES string of the molecule is CNS(=O)(=O)NCC[C@@H]1CCCN1. The minimum Gasteiger partial charge on any atom is -0.314 e. The molecule has 5 nitrogen and oxygen atoms in total. The molecule has 1 heterocycles. The predicted molar refractivity (Wildman–Crippen MR) is 51.6 cm³/mol. The van der Waals surface area contributed by atoms with Gasteiger partial charge in [-0.2, -0.15) is 8.42 Å².